The number of aliphatic hydroxyl groups is 2. The molecule has 0 aliphatic carbocycles. The van der Waals surface area contributed by atoms with Gasteiger partial charge in [0.2, 0.25) is 0 Å². The van der Waals surface area contributed by atoms with E-state index >= 15 is 0 Å². The van der Waals surface area contributed by atoms with Crippen LogP contribution in [-0.4, -0.2) is 75.1 Å². The zero-order chi connectivity index (χ0) is 27.4. The van der Waals surface area contributed by atoms with Crippen molar-refractivity contribution in [1.82, 2.24) is 9.97 Å². The molecule has 0 aliphatic heterocycles. The van der Waals surface area contributed by atoms with Gasteiger partial charge in [0.05, 0.1) is 31.3 Å². The van der Waals surface area contributed by atoms with E-state index < -0.39 is 23.1 Å². The summed E-state index contributed by atoms with van der Waals surface area (Å²) in [5.74, 6) is -0.712. The minimum atomic E-state index is -0.968. The lowest BCUT2D eigenvalue weighted by Gasteiger charge is -2.18. The molecule has 2 aromatic heterocycles. The molecule has 35 heavy (non-hydrogen) atoms. The molecule has 0 fully saturated rings. The fourth-order valence-electron chi connectivity index (χ4n) is 1.65. The maximum atomic E-state index is 11.2. The van der Waals surface area contributed by atoms with Crippen LogP contribution in [0.1, 0.15) is 48.7 Å². The number of aromatic nitrogens is 2. The quantitative estimate of drug-likeness (QED) is 0.272. The lowest BCUT2D eigenvalue weighted by Crippen LogP contribution is -2.28. The van der Waals surface area contributed by atoms with Gasteiger partial charge in [-0.15, -0.1) is 11.6 Å². The van der Waals surface area contributed by atoms with E-state index in [1.807, 2.05) is 0 Å². The normalized spacial score (nSPS) is 10.7. The number of esters is 2. The number of alkyl halides is 1. The van der Waals surface area contributed by atoms with Crippen LogP contribution in [0.4, 0.5) is 0 Å². The molecular weight excluding hydrogens is 527 g/mol. The molecule has 2 rings (SSSR count). The molecule has 2 aromatic rings. The molecule has 0 spiro atoms. The number of hydrogen-bond acceptors (Lipinski definition) is 10. The van der Waals surface area contributed by atoms with Gasteiger partial charge in [0, 0.05) is 0 Å². The van der Waals surface area contributed by atoms with Crippen LogP contribution in [0.25, 0.3) is 0 Å². The highest BCUT2D eigenvalue weighted by Crippen LogP contribution is 2.23. The fraction of sp³-hybridized carbons (Fsp3) is 0.455. The average Bonchev–Trinajstić information content (AvgIpc) is 2.78. The van der Waals surface area contributed by atoms with Crippen molar-refractivity contribution in [2.24, 2.45) is 0 Å². The van der Waals surface area contributed by atoms with E-state index in [2.05, 4.69) is 19.4 Å². The maximum Gasteiger partial charge on any atom is 0.356 e. The fourth-order valence-corrected chi connectivity index (χ4v) is 2.01. The van der Waals surface area contributed by atoms with Crippen LogP contribution in [0, 0.1) is 0 Å². The summed E-state index contributed by atoms with van der Waals surface area (Å²) in [4.78, 5) is 29.4. The van der Waals surface area contributed by atoms with Crippen molar-refractivity contribution in [3.63, 3.8) is 0 Å². The Hall–Kier alpha value is -2.37. The van der Waals surface area contributed by atoms with Crippen LogP contribution in [-0.2, 0) is 9.47 Å². The first-order valence-electron chi connectivity index (χ1n) is 9.86. The van der Waals surface area contributed by atoms with E-state index in [4.69, 9.17) is 49.8 Å². The van der Waals surface area contributed by atoms with Crippen LogP contribution in [0.3, 0.4) is 0 Å². The van der Waals surface area contributed by atoms with E-state index in [0.29, 0.717) is 11.6 Å². The van der Waals surface area contributed by atoms with Gasteiger partial charge in [0.25, 0.3) is 0 Å². The van der Waals surface area contributed by atoms with Crippen molar-refractivity contribution in [3.05, 3.63) is 46.0 Å². The van der Waals surface area contributed by atoms with Gasteiger partial charge in [0.1, 0.15) is 18.0 Å². The monoisotopic (exact) mass is 554 g/mol. The molecule has 0 aliphatic rings. The first-order chi connectivity index (χ1) is 16.0. The van der Waals surface area contributed by atoms with Crippen molar-refractivity contribution in [2.45, 2.75) is 38.9 Å². The largest absolute Gasteiger partial charge is 0.505 e. The first-order valence-corrected chi connectivity index (χ1v) is 11.2. The van der Waals surface area contributed by atoms with Gasteiger partial charge in [-0.2, -0.15) is 0 Å². The Balaban J connectivity index is 0.000000557. The second-order valence-corrected chi connectivity index (χ2v) is 9.01. The Morgan fingerprint density at radius 3 is 1.63 bits per heavy atom. The van der Waals surface area contributed by atoms with Crippen LogP contribution < -0.4 is 4.74 Å². The van der Waals surface area contributed by atoms with Gasteiger partial charge in [-0.05, 0) is 52.0 Å². The number of carbonyl (C=O) groups excluding carboxylic acids is 2. The van der Waals surface area contributed by atoms with E-state index in [1.54, 1.807) is 27.7 Å². The molecule has 0 aromatic carbocycles. The maximum absolute atomic E-state index is 11.2. The van der Waals surface area contributed by atoms with E-state index in [0.717, 1.165) is 0 Å². The topological polar surface area (TPSA) is 148 Å². The Kier molecular flexibility index (Phi) is 13.9. The Labute approximate surface area is 218 Å². The van der Waals surface area contributed by atoms with Crippen LogP contribution in [0.15, 0.2) is 24.3 Å². The van der Waals surface area contributed by atoms with E-state index in [9.17, 15) is 14.7 Å². The summed E-state index contributed by atoms with van der Waals surface area (Å²) < 4.78 is 14.2. The Bertz CT molecular complexity index is 976. The van der Waals surface area contributed by atoms with Crippen molar-refractivity contribution in [3.8, 4) is 11.5 Å². The van der Waals surface area contributed by atoms with Crippen molar-refractivity contribution < 1.29 is 39.1 Å². The minimum Gasteiger partial charge on any atom is -0.505 e. The number of halogens is 3. The minimum absolute atomic E-state index is 0.0529. The molecule has 2 heterocycles. The molecule has 0 saturated carbocycles. The van der Waals surface area contributed by atoms with Gasteiger partial charge in [0.15, 0.2) is 21.8 Å². The standard InChI is InChI=1S/C11H14ClNO4.C7H6ClNO3.C4H9ClO/c1-11(2,15)6-17-8-5-4-7(10(14)16-3)13-9(8)12;1-12-7(11)4-2-3-5(10)6(8)9-4;1-4(2,6)3-5/h4-5,15H,6H2,1-3H3;2-3,10H,1H3;6H,3H2,1-2H3. The summed E-state index contributed by atoms with van der Waals surface area (Å²) in [6.07, 6.45) is 0. The van der Waals surface area contributed by atoms with Gasteiger partial charge >= 0.3 is 11.9 Å². The SMILES string of the molecule is CC(C)(O)CCl.COC(=O)c1ccc(O)c(Cl)n1.COC(=O)c1ccc(OCC(C)(C)O)c(Cl)n1. The zero-order valence-electron chi connectivity index (χ0n) is 20.1. The summed E-state index contributed by atoms with van der Waals surface area (Å²) in [6.45, 7) is 6.63. The number of hydrogen-bond donors (Lipinski definition) is 3. The molecule has 196 valence electrons. The number of nitrogens with zero attached hydrogens (tertiary/aromatic N) is 2. The molecule has 0 bridgehead atoms. The molecule has 13 heteroatoms. The average molecular weight is 556 g/mol. The number of carbonyl (C=O) groups is 2. The van der Waals surface area contributed by atoms with Crippen molar-refractivity contribution >= 4 is 46.7 Å². The summed E-state index contributed by atoms with van der Waals surface area (Å²) in [5.41, 5.74) is -1.49. The number of pyridine rings is 2. The van der Waals surface area contributed by atoms with Crippen molar-refractivity contribution in [1.29, 1.82) is 0 Å². The first kappa shape index (κ1) is 32.6. The Morgan fingerprint density at radius 2 is 1.29 bits per heavy atom. The number of aromatic hydroxyl groups is 1. The van der Waals surface area contributed by atoms with Crippen molar-refractivity contribution in [2.75, 3.05) is 26.7 Å². The highest BCUT2D eigenvalue weighted by Gasteiger charge is 2.16. The van der Waals surface area contributed by atoms with Gasteiger partial charge in [-0.1, -0.05) is 23.2 Å². The molecule has 0 amide bonds. The third kappa shape index (κ3) is 13.9. The zero-order valence-corrected chi connectivity index (χ0v) is 22.4. The molecule has 0 saturated heterocycles. The van der Waals surface area contributed by atoms with Crippen LogP contribution in [0.5, 0.6) is 11.5 Å². The summed E-state index contributed by atoms with van der Waals surface area (Å²) in [6, 6.07) is 5.55. The molecule has 0 radical (unpaired) electrons. The molecule has 0 atom stereocenters. The van der Waals surface area contributed by atoms with E-state index in [1.165, 1.54) is 38.5 Å². The molecule has 0 unspecified atom stereocenters. The number of rotatable bonds is 6. The third-order valence-corrected chi connectivity index (χ3v) is 4.54. The molecule has 10 nitrogen and oxygen atoms in total. The van der Waals surface area contributed by atoms with Gasteiger partial charge < -0.3 is 29.5 Å². The van der Waals surface area contributed by atoms with Crippen LogP contribution in [0.2, 0.25) is 10.3 Å². The predicted molar refractivity (Wildman–Crippen MR) is 132 cm³/mol. The predicted octanol–water partition coefficient (Wildman–Crippen LogP) is 3.89. The lowest BCUT2D eigenvalue weighted by molar-refractivity contribution is 0.0283. The summed E-state index contributed by atoms with van der Waals surface area (Å²) in [7, 11) is 2.50. The second kappa shape index (κ2) is 14.9. The highest BCUT2D eigenvalue weighted by atomic mass is 35.5. The van der Waals surface area contributed by atoms with Gasteiger partial charge in [-0.3, -0.25) is 0 Å². The second-order valence-electron chi connectivity index (χ2n) is 8.02. The summed E-state index contributed by atoms with van der Waals surface area (Å²) in [5, 5.41) is 27.1. The Morgan fingerprint density at radius 1 is 0.857 bits per heavy atom. The highest BCUT2D eigenvalue weighted by molar-refractivity contribution is 6.31. The van der Waals surface area contributed by atoms with Gasteiger partial charge in [-0.25, -0.2) is 19.6 Å². The summed E-state index contributed by atoms with van der Waals surface area (Å²) >= 11 is 16.5. The lowest BCUT2D eigenvalue weighted by atomic mass is 10.2. The van der Waals surface area contributed by atoms with E-state index in [-0.39, 0.29) is 34.1 Å². The molecular formula is C22H29Cl3N2O8. The molecule has 3 N–H and O–H groups in total. The number of ether oxygens (including phenoxy) is 3. The number of methoxy groups -OCH3 is 2. The smallest absolute Gasteiger partial charge is 0.356 e. The third-order valence-electron chi connectivity index (χ3n) is 3.34. The van der Waals surface area contributed by atoms with Crippen LogP contribution >= 0.6 is 34.8 Å².